The highest BCUT2D eigenvalue weighted by molar-refractivity contribution is 6.12. The molecule has 0 N–H and O–H groups in total. The van der Waals surface area contributed by atoms with Crippen LogP contribution in [0.4, 0.5) is 17.1 Å². The van der Waals surface area contributed by atoms with Crippen LogP contribution in [0.1, 0.15) is 25.0 Å². The summed E-state index contributed by atoms with van der Waals surface area (Å²) in [6.07, 6.45) is 0. The molecule has 0 spiro atoms. The molecule has 1 aliphatic carbocycles. The average Bonchev–Trinajstić information content (AvgIpc) is 3.88. The second kappa shape index (κ2) is 12.3. The van der Waals surface area contributed by atoms with Crippen molar-refractivity contribution in [2.75, 3.05) is 4.90 Å². The molecule has 0 aliphatic heterocycles. The first kappa shape index (κ1) is 32.8. The van der Waals surface area contributed by atoms with Gasteiger partial charge in [-0.25, -0.2) is 0 Å². The molecule has 0 amide bonds. The Labute approximate surface area is 336 Å². The molecule has 58 heavy (non-hydrogen) atoms. The zero-order valence-electron chi connectivity index (χ0n) is 32.3. The first-order valence-electron chi connectivity index (χ1n) is 20.1. The number of benzene rings is 9. The second-order valence-electron chi connectivity index (χ2n) is 16.1. The van der Waals surface area contributed by atoms with Crippen LogP contribution in [0.2, 0.25) is 0 Å². The van der Waals surface area contributed by atoms with Crippen molar-refractivity contribution >= 4 is 71.6 Å². The largest absolute Gasteiger partial charge is 0.456 e. The van der Waals surface area contributed by atoms with Gasteiger partial charge in [0, 0.05) is 38.1 Å². The van der Waals surface area contributed by atoms with Crippen LogP contribution in [0, 0.1) is 0 Å². The van der Waals surface area contributed by atoms with Gasteiger partial charge in [0.25, 0.3) is 0 Å². The number of aromatic nitrogens is 1. The van der Waals surface area contributed by atoms with Crippen LogP contribution in [0.3, 0.4) is 0 Å². The van der Waals surface area contributed by atoms with Crippen LogP contribution >= 0.6 is 0 Å². The molecule has 0 fully saturated rings. The van der Waals surface area contributed by atoms with Crippen molar-refractivity contribution < 1.29 is 4.42 Å². The molecule has 1 aliphatic rings. The first-order valence-corrected chi connectivity index (χ1v) is 20.1. The highest BCUT2D eigenvalue weighted by Crippen LogP contribution is 2.55. The number of hydrogen-bond donors (Lipinski definition) is 0. The molecule has 0 bridgehead atoms. The van der Waals surface area contributed by atoms with Crippen LogP contribution in [-0.2, 0) is 5.41 Å². The van der Waals surface area contributed by atoms with Gasteiger partial charge in [-0.15, -0.1) is 0 Å². The Kier molecular flexibility index (Phi) is 6.98. The lowest BCUT2D eigenvalue weighted by Gasteiger charge is -2.32. The van der Waals surface area contributed by atoms with Crippen LogP contribution in [0.15, 0.2) is 199 Å². The van der Waals surface area contributed by atoms with Crippen molar-refractivity contribution in [3.8, 4) is 27.9 Å². The van der Waals surface area contributed by atoms with E-state index in [2.05, 4.69) is 217 Å². The van der Waals surface area contributed by atoms with Gasteiger partial charge in [-0.05, 0) is 93.7 Å². The van der Waals surface area contributed by atoms with Crippen LogP contribution in [0.5, 0.6) is 0 Å². The van der Waals surface area contributed by atoms with Crippen molar-refractivity contribution in [3.63, 3.8) is 0 Å². The number of furan rings is 1. The third-order valence-electron chi connectivity index (χ3n) is 12.6. The normalized spacial score (nSPS) is 13.1. The summed E-state index contributed by atoms with van der Waals surface area (Å²) in [4.78, 5) is 2.52. The summed E-state index contributed by atoms with van der Waals surface area (Å²) in [5.41, 5.74) is 16.0. The maximum Gasteiger partial charge on any atom is 0.136 e. The SMILES string of the molecule is CC1(C)c2ccccc2-c2c(N(c3ccccc3-c3ccc4oc5cc6ccccc6cc5c4c3)c3ccccc3-n3c4ccccc4c4ccccc43)cccc21. The number of fused-ring (bicyclic) bond motifs is 10. The summed E-state index contributed by atoms with van der Waals surface area (Å²) in [5.74, 6) is 0. The highest BCUT2D eigenvalue weighted by Gasteiger charge is 2.38. The van der Waals surface area contributed by atoms with Gasteiger partial charge in [0.05, 0.1) is 33.8 Å². The number of para-hydroxylation sites is 5. The van der Waals surface area contributed by atoms with Gasteiger partial charge >= 0.3 is 0 Å². The summed E-state index contributed by atoms with van der Waals surface area (Å²) in [7, 11) is 0. The van der Waals surface area contributed by atoms with Crippen LogP contribution < -0.4 is 4.90 Å². The molecule has 274 valence electrons. The molecular formula is C55H38N2O. The quantitative estimate of drug-likeness (QED) is 0.175. The van der Waals surface area contributed by atoms with Crippen LogP contribution in [-0.4, -0.2) is 4.57 Å². The molecule has 0 atom stereocenters. The van der Waals surface area contributed by atoms with Crippen molar-refractivity contribution in [1.29, 1.82) is 0 Å². The maximum atomic E-state index is 6.49. The molecule has 0 saturated carbocycles. The van der Waals surface area contributed by atoms with E-state index >= 15 is 0 Å². The van der Waals surface area contributed by atoms with Crippen molar-refractivity contribution in [2.45, 2.75) is 19.3 Å². The number of rotatable bonds is 5. The third-order valence-corrected chi connectivity index (χ3v) is 12.6. The summed E-state index contributed by atoms with van der Waals surface area (Å²) in [6, 6.07) is 70.8. The van der Waals surface area contributed by atoms with Crippen LogP contribution in [0.25, 0.3) is 82.5 Å². The fourth-order valence-corrected chi connectivity index (χ4v) is 9.88. The van der Waals surface area contributed by atoms with Gasteiger partial charge in [-0.1, -0.05) is 147 Å². The minimum absolute atomic E-state index is 0.156. The molecular weight excluding hydrogens is 705 g/mol. The van der Waals surface area contributed by atoms with E-state index in [-0.39, 0.29) is 5.41 Å². The molecule has 2 heterocycles. The Morgan fingerprint density at radius 1 is 0.431 bits per heavy atom. The third kappa shape index (κ3) is 4.68. The Morgan fingerprint density at radius 2 is 1.02 bits per heavy atom. The fourth-order valence-electron chi connectivity index (χ4n) is 9.88. The molecule has 9 aromatic carbocycles. The van der Waals surface area contributed by atoms with Gasteiger partial charge in [0.2, 0.25) is 0 Å². The zero-order valence-corrected chi connectivity index (χ0v) is 32.3. The topological polar surface area (TPSA) is 21.3 Å². The second-order valence-corrected chi connectivity index (χ2v) is 16.1. The Hall–Kier alpha value is -7.36. The summed E-state index contributed by atoms with van der Waals surface area (Å²) in [6.45, 7) is 4.72. The van der Waals surface area contributed by atoms with E-state index in [9.17, 15) is 0 Å². The summed E-state index contributed by atoms with van der Waals surface area (Å²) < 4.78 is 8.93. The molecule has 3 heteroatoms. The molecule has 11 aromatic rings. The number of anilines is 3. The molecule has 0 saturated heterocycles. The zero-order chi connectivity index (χ0) is 38.5. The van der Waals surface area contributed by atoms with E-state index in [1.807, 2.05) is 0 Å². The lowest BCUT2D eigenvalue weighted by molar-refractivity contribution is 0.660. The molecule has 0 radical (unpaired) electrons. The Bertz CT molecular complexity index is 3400. The predicted molar refractivity (Wildman–Crippen MR) is 243 cm³/mol. The van der Waals surface area contributed by atoms with E-state index < -0.39 is 0 Å². The molecule has 2 aromatic heterocycles. The summed E-state index contributed by atoms with van der Waals surface area (Å²) >= 11 is 0. The van der Waals surface area contributed by atoms with E-state index in [1.54, 1.807) is 0 Å². The standard InChI is InChI=1S/C55H38N2O/c1-55(2)44-22-9-5-21-41(44)54-45(55)23-15-29-51(54)57(50-28-14-13-27-49(50)56-47-25-11-7-19-39(47)40-20-8-12-26-48(40)56)46-24-10-6-18-38(46)37-30-31-52-42(33-37)43-32-35-16-3-4-17-36(35)34-53(43)58-52/h3-34H,1-2H3. The van der Waals surface area contributed by atoms with E-state index in [1.165, 1.54) is 54.8 Å². The van der Waals surface area contributed by atoms with Gasteiger partial charge in [0.15, 0.2) is 0 Å². The van der Waals surface area contributed by atoms with Crippen molar-refractivity contribution in [2.24, 2.45) is 0 Å². The van der Waals surface area contributed by atoms with E-state index in [4.69, 9.17) is 4.42 Å². The summed E-state index contributed by atoms with van der Waals surface area (Å²) in [5, 5.41) is 7.10. The predicted octanol–water partition coefficient (Wildman–Crippen LogP) is 15.3. The maximum absolute atomic E-state index is 6.49. The van der Waals surface area contributed by atoms with Gasteiger partial charge < -0.3 is 13.9 Å². The first-order chi connectivity index (χ1) is 28.5. The monoisotopic (exact) mass is 742 g/mol. The van der Waals surface area contributed by atoms with Gasteiger partial charge in [0.1, 0.15) is 11.2 Å². The molecule has 3 nitrogen and oxygen atoms in total. The number of nitrogens with zero attached hydrogens (tertiary/aromatic N) is 2. The average molecular weight is 743 g/mol. The Morgan fingerprint density at radius 3 is 1.81 bits per heavy atom. The van der Waals surface area contributed by atoms with E-state index in [0.29, 0.717) is 0 Å². The fraction of sp³-hybridized carbons (Fsp3) is 0.0545. The molecule has 12 rings (SSSR count). The minimum Gasteiger partial charge on any atom is -0.456 e. The van der Waals surface area contributed by atoms with Gasteiger partial charge in [-0.3, -0.25) is 0 Å². The lowest BCUT2D eigenvalue weighted by Crippen LogP contribution is -2.17. The van der Waals surface area contributed by atoms with E-state index in [0.717, 1.165) is 55.8 Å². The Balaban J connectivity index is 1.16. The smallest absolute Gasteiger partial charge is 0.136 e. The number of hydrogen-bond acceptors (Lipinski definition) is 2. The van der Waals surface area contributed by atoms with Crippen molar-refractivity contribution in [3.05, 3.63) is 205 Å². The van der Waals surface area contributed by atoms with Gasteiger partial charge in [-0.2, -0.15) is 0 Å². The van der Waals surface area contributed by atoms with Crippen molar-refractivity contribution in [1.82, 2.24) is 4.57 Å². The highest BCUT2D eigenvalue weighted by atomic mass is 16.3. The molecule has 0 unspecified atom stereocenters. The minimum atomic E-state index is -0.156. The lowest BCUT2D eigenvalue weighted by atomic mass is 9.82.